The Bertz CT molecular complexity index is 850. The molecule has 0 unspecified atom stereocenters. The maximum atomic E-state index is 13.3. The van der Waals surface area contributed by atoms with Gasteiger partial charge in [-0.15, -0.1) is 0 Å². The normalized spacial score (nSPS) is 29.8. The fourth-order valence-corrected chi connectivity index (χ4v) is 4.94. The Morgan fingerprint density at radius 1 is 1.07 bits per heavy atom. The fourth-order valence-electron chi connectivity index (χ4n) is 4.77. The standard InChI is InChI=1S/C20H19Cl3N2O3/c21-20(22,23)19(28)24-14-8-4-5-11-9-10-13-16(15(11)14)18(27)25(17(13)26)12-6-2-1-3-7-12/h1-3,6-7,9,13-16H,4-5,8,10H2,(H,24,28)/t13-,14+,15-,16-/m0/s1. The average Bonchev–Trinajstić information content (AvgIpc) is 2.92. The molecule has 4 atom stereocenters. The van der Waals surface area contributed by atoms with Crippen molar-refractivity contribution in [3.05, 3.63) is 42.0 Å². The first-order valence-electron chi connectivity index (χ1n) is 9.28. The zero-order valence-corrected chi connectivity index (χ0v) is 17.2. The van der Waals surface area contributed by atoms with Crippen molar-refractivity contribution in [2.24, 2.45) is 17.8 Å². The molecule has 1 saturated heterocycles. The van der Waals surface area contributed by atoms with E-state index in [0.29, 0.717) is 18.5 Å². The number of hydrogen-bond donors (Lipinski definition) is 1. The fraction of sp³-hybridized carbons (Fsp3) is 0.450. The summed E-state index contributed by atoms with van der Waals surface area (Å²) in [7, 11) is 0. The lowest BCUT2D eigenvalue weighted by molar-refractivity contribution is -0.125. The Morgan fingerprint density at radius 3 is 2.46 bits per heavy atom. The number of benzene rings is 1. The van der Waals surface area contributed by atoms with Crippen LogP contribution in [0, 0.1) is 17.8 Å². The molecule has 5 nitrogen and oxygen atoms in total. The van der Waals surface area contributed by atoms with Crippen LogP contribution in [0.25, 0.3) is 0 Å². The van der Waals surface area contributed by atoms with Crippen LogP contribution in [0.5, 0.6) is 0 Å². The van der Waals surface area contributed by atoms with E-state index in [9.17, 15) is 14.4 Å². The molecule has 3 aliphatic rings. The molecule has 2 aliphatic carbocycles. The second-order valence-electron chi connectivity index (χ2n) is 7.49. The third kappa shape index (κ3) is 3.34. The number of imide groups is 1. The van der Waals surface area contributed by atoms with E-state index in [4.69, 9.17) is 34.8 Å². The van der Waals surface area contributed by atoms with Gasteiger partial charge in [-0.2, -0.15) is 0 Å². The van der Waals surface area contributed by atoms with Crippen LogP contribution in [-0.4, -0.2) is 27.6 Å². The number of carbonyl (C=O) groups excluding carboxylic acids is 3. The smallest absolute Gasteiger partial charge is 0.272 e. The molecule has 1 saturated carbocycles. The number of anilines is 1. The van der Waals surface area contributed by atoms with E-state index in [1.165, 1.54) is 4.90 Å². The summed E-state index contributed by atoms with van der Waals surface area (Å²) in [5.74, 6) is -2.29. The minimum absolute atomic E-state index is 0.187. The number of fused-ring (bicyclic) bond motifs is 3. The van der Waals surface area contributed by atoms with Gasteiger partial charge in [-0.25, -0.2) is 0 Å². The SMILES string of the molecule is O=C1[C@@H]2[C@H]3C(=CC[C@@H]2C(=O)N1c1ccccc1)CCC[C@H]3NC(=O)C(Cl)(Cl)Cl. The van der Waals surface area contributed by atoms with E-state index in [-0.39, 0.29) is 23.8 Å². The summed E-state index contributed by atoms with van der Waals surface area (Å²) in [5.41, 5.74) is 1.68. The van der Waals surface area contributed by atoms with Gasteiger partial charge in [-0.05, 0) is 37.8 Å². The van der Waals surface area contributed by atoms with Crippen molar-refractivity contribution in [1.82, 2.24) is 5.32 Å². The molecule has 0 radical (unpaired) electrons. The quantitative estimate of drug-likeness (QED) is 0.431. The molecule has 28 heavy (non-hydrogen) atoms. The van der Waals surface area contributed by atoms with Crippen molar-refractivity contribution in [2.75, 3.05) is 4.90 Å². The Morgan fingerprint density at radius 2 is 1.79 bits per heavy atom. The first-order valence-corrected chi connectivity index (χ1v) is 10.4. The third-order valence-corrected chi connectivity index (χ3v) is 6.44. The summed E-state index contributed by atoms with van der Waals surface area (Å²) >= 11 is 17.2. The number of halogens is 3. The molecule has 1 aliphatic heterocycles. The molecule has 148 valence electrons. The highest BCUT2D eigenvalue weighted by Crippen LogP contribution is 2.48. The molecular formula is C20H19Cl3N2O3. The van der Waals surface area contributed by atoms with E-state index in [1.807, 2.05) is 6.07 Å². The van der Waals surface area contributed by atoms with E-state index < -0.39 is 21.5 Å². The van der Waals surface area contributed by atoms with E-state index in [2.05, 4.69) is 11.4 Å². The molecule has 3 amide bonds. The van der Waals surface area contributed by atoms with Crippen LogP contribution in [0.1, 0.15) is 25.7 Å². The van der Waals surface area contributed by atoms with Gasteiger partial charge < -0.3 is 5.32 Å². The number of nitrogens with zero attached hydrogens (tertiary/aromatic N) is 1. The van der Waals surface area contributed by atoms with Crippen molar-refractivity contribution < 1.29 is 14.4 Å². The number of rotatable bonds is 2. The van der Waals surface area contributed by atoms with Crippen LogP contribution in [0.4, 0.5) is 5.69 Å². The van der Waals surface area contributed by atoms with Crippen LogP contribution in [0.15, 0.2) is 42.0 Å². The average molecular weight is 442 g/mol. The van der Waals surface area contributed by atoms with Gasteiger partial charge >= 0.3 is 0 Å². The first-order chi connectivity index (χ1) is 13.3. The number of para-hydroxylation sites is 1. The molecule has 0 aromatic heterocycles. The summed E-state index contributed by atoms with van der Waals surface area (Å²) in [5, 5.41) is 2.80. The number of allylic oxidation sites excluding steroid dienone is 1. The topological polar surface area (TPSA) is 66.5 Å². The predicted molar refractivity (Wildman–Crippen MR) is 108 cm³/mol. The highest BCUT2D eigenvalue weighted by molar-refractivity contribution is 6.76. The maximum absolute atomic E-state index is 13.3. The number of amides is 3. The van der Waals surface area contributed by atoms with Gasteiger partial charge in [0.25, 0.3) is 9.70 Å². The van der Waals surface area contributed by atoms with Gasteiger partial charge in [0.05, 0.1) is 17.5 Å². The molecule has 0 spiro atoms. The summed E-state index contributed by atoms with van der Waals surface area (Å²) in [6.07, 6.45) is 4.98. The summed E-state index contributed by atoms with van der Waals surface area (Å²) in [6, 6.07) is 8.60. The molecular weight excluding hydrogens is 423 g/mol. The molecule has 4 rings (SSSR count). The molecule has 0 bridgehead atoms. The molecule has 2 fully saturated rings. The van der Waals surface area contributed by atoms with Gasteiger partial charge in [-0.1, -0.05) is 64.7 Å². The Balaban J connectivity index is 1.66. The van der Waals surface area contributed by atoms with Gasteiger partial charge in [0.1, 0.15) is 0 Å². The first kappa shape index (κ1) is 19.7. The highest BCUT2D eigenvalue weighted by atomic mass is 35.6. The highest BCUT2D eigenvalue weighted by Gasteiger charge is 2.56. The number of hydrogen-bond acceptors (Lipinski definition) is 3. The Labute approximate surface area is 178 Å². The second-order valence-corrected chi connectivity index (χ2v) is 9.77. The van der Waals surface area contributed by atoms with Crippen molar-refractivity contribution >= 4 is 58.2 Å². The zero-order valence-electron chi connectivity index (χ0n) is 14.9. The van der Waals surface area contributed by atoms with Crippen molar-refractivity contribution in [3.8, 4) is 0 Å². The van der Waals surface area contributed by atoms with E-state index in [0.717, 1.165) is 18.4 Å². The molecule has 1 aromatic rings. The number of carbonyl (C=O) groups is 3. The largest absolute Gasteiger partial charge is 0.349 e. The lowest BCUT2D eigenvalue weighted by Gasteiger charge is -2.41. The van der Waals surface area contributed by atoms with Gasteiger partial charge in [0, 0.05) is 12.0 Å². The van der Waals surface area contributed by atoms with Crippen LogP contribution >= 0.6 is 34.8 Å². The summed E-state index contributed by atoms with van der Waals surface area (Å²) < 4.78 is -2.07. The molecule has 1 aromatic carbocycles. The van der Waals surface area contributed by atoms with Crippen LogP contribution in [0.2, 0.25) is 0 Å². The minimum Gasteiger partial charge on any atom is -0.349 e. The predicted octanol–water partition coefficient (Wildman–Crippen LogP) is 3.78. The van der Waals surface area contributed by atoms with Gasteiger partial charge in [0.15, 0.2) is 0 Å². The summed E-state index contributed by atoms with van der Waals surface area (Å²) in [6.45, 7) is 0. The van der Waals surface area contributed by atoms with Crippen LogP contribution in [-0.2, 0) is 14.4 Å². The molecule has 1 heterocycles. The zero-order chi connectivity index (χ0) is 20.1. The summed E-state index contributed by atoms with van der Waals surface area (Å²) in [4.78, 5) is 39.9. The minimum atomic E-state index is -2.07. The Kier molecular flexibility index (Phi) is 5.19. The Hall–Kier alpha value is -1.56. The number of alkyl halides is 3. The van der Waals surface area contributed by atoms with Crippen LogP contribution in [0.3, 0.4) is 0 Å². The van der Waals surface area contributed by atoms with Crippen molar-refractivity contribution in [3.63, 3.8) is 0 Å². The lowest BCUT2D eigenvalue weighted by atomic mass is 9.65. The van der Waals surface area contributed by atoms with Gasteiger partial charge in [0.2, 0.25) is 11.8 Å². The van der Waals surface area contributed by atoms with Gasteiger partial charge in [-0.3, -0.25) is 19.3 Å². The maximum Gasteiger partial charge on any atom is 0.272 e. The van der Waals surface area contributed by atoms with Crippen molar-refractivity contribution in [1.29, 1.82) is 0 Å². The second kappa shape index (κ2) is 7.36. The van der Waals surface area contributed by atoms with E-state index in [1.54, 1.807) is 24.3 Å². The van der Waals surface area contributed by atoms with Crippen molar-refractivity contribution in [2.45, 2.75) is 35.5 Å². The van der Waals surface area contributed by atoms with E-state index >= 15 is 0 Å². The number of nitrogens with one attached hydrogen (secondary N) is 1. The van der Waals surface area contributed by atoms with Crippen LogP contribution < -0.4 is 10.2 Å². The molecule has 1 N–H and O–H groups in total. The third-order valence-electron chi connectivity index (χ3n) is 5.93. The monoisotopic (exact) mass is 440 g/mol. The lowest BCUT2D eigenvalue weighted by Crippen LogP contribution is -2.51. The molecule has 8 heteroatoms.